The molecule has 5 nitrogen and oxygen atoms in total. The molecule has 0 aliphatic carbocycles. The lowest BCUT2D eigenvalue weighted by Gasteiger charge is -2.06. The van der Waals surface area contributed by atoms with Crippen LogP contribution in [0.2, 0.25) is 0 Å². The van der Waals surface area contributed by atoms with Crippen molar-refractivity contribution in [1.29, 1.82) is 0 Å². The van der Waals surface area contributed by atoms with Gasteiger partial charge >= 0.3 is 0 Å². The van der Waals surface area contributed by atoms with E-state index in [1.807, 2.05) is 12.1 Å². The Labute approximate surface area is 95.5 Å². The van der Waals surface area contributed by atoms with Crippen LogP contribution < -0.4 is 10.5 Å². The molecule has 5 heteroatoms. The zero-order valence-electron chi connectivity index (χ0n) is 9.52. The third kappa shape index (κ3) is 5.06. The normalized spacial score (nSPS) is 10.4. The summed E-state index contributed by atoms with van der Waals surface area (Å²) in [6.45, 7) is 2.60. The second-order valence-corrected chi connectivity index (χ2v) is 3.12. The average Bonchev–Trinajstić information content (AvgIpc) is 2.34. The van der Waals surface area contributed by atoms with Crippen molar-refractivity contribution in [2.75, 3.05) is 33.5 Å². The van der Waals surface area contributed by atoms with Crippen molar-refractivity contribution in [3.8, 4) is 5.88 Å². The largest absolute Gasteiger partial charge is 0.475 e. The lowest BCUT2D eigenvalue weighted by molar-refractivity contribution is 0.0536. The molecule has 1 rings (SSSR count). The molecule has 1 aromatic heterocycles. The number of methoxy groups -OCH3 is 1. The van der Waals surface area contributed by atoms with Gasteiger partial charge in [-0.2, -0.15) is 0 Å². The number of hydrogen-bond donors (Lipinski definition) is 1. The average molecular weight is 226 g/mol. The van der Waals surface area contributed by atoms with E-state index in [-0.39, 0.29) is 0 Å². The minimum absolute atomic E-state index is 0.418. The van der Waals surface area contributed by atoms with Crippen LogP contribution in [-0.2, 0) is 16.0 Å². The molecule has 0 aromatic carbocycles. The van der Waals surface area contributed by atoms with Gasteiger partial charge in [0.1, 0.15) is 6.61 Å². The van der Waals surface area contributed by atoms with Gasteiger partial charge in [0.15, 0.2) is 0 Å². The van der Waals surface area contributed by atoms with Gasteiger partial charge in [0.05, 0.1) is 25.5 Å². The highest BCUT2D eigenvalue weighted by Crippen LogP contribution is 2.06. The first-order valence-electron chi connectivity index (χ1n) is 5.22. The maximum absolute atomic E-state index is 5.47. The third-order valence-electron chi connectivity index (χ3n) is 1.90. The van der Waals surface area contributed by atoms with Crippen LogP contribution in [0.15, 0.2) is 18.2 Å². The molecule has 0 amide bonds. The highest BCUT2D eigenvalue weighted by Gasteiger charge is 1.97. The molecule has 90 valence electrons. The number of rotatable bonds is 8. The molecule has 0 saturated heterocycles. The van der Waals surface area contributed by atoms with Gasteiger partial charge in [-0.15, -0.1) is 0 Å². The van der Waals surface area contributed by atoms with E-state index in [0.29, 0.717) is 38.9 Å². The molecule has 0 bridgehead atoms. The van der Waals surface area contributed by atoms with E-state index in [1.165, 1.54) is 0 Å². The topological polar surface area (TPSA) is 66.6 Å². The Morgan fingerprint density at radius 1 is 1.19 bits per heavy atom. The Morgan fingerprint density at radius 3 is 2.75 bits per heavy atom. The molecule has 0 spiro atoms. The van der Waals surface area contributed by atoms with Crippen molar-refractivity contribution < 1.29 is 14.2 Å². The van der Waals surface area contributed by atoms with Crippen LogP contribution >= 0.6 is 0 Å². The molecule has 0 atom stereocenters. The maximum atomic E-state index is 5.47. The Bertz CT molecular complexity index is 294. The lowest BCUT2D eigenvalue weighted by atomic mass is 10.3. The molecule has 2 N–H and O–H groups in total. The minimum Gasteiger partial charge on any atom is -0.475 e. The Hall–Kier alpha value is -1.17. The van der Waals surface area contributed by atoms with Gasteiger partial charge < -0.3 is 19.9 Å². The van der Waals surface area contributed by atoms with Gasteiger partial charge in [0, 0.05) is 19.7 Å². The van der Waals surface area contributed by atoms with Gasteiger partial charge in [-0.25, -0.2) is 4.98 Å². The number of hydrogen-bond acceptors (Lipinski definition) is 5. The fourth-order valence-corrected chi connectivity index (χ4v) is 1.10. The van der Waals surface area contributed by atoms with Gasteiger partial charge in [0.25, 0.3) is 0 Å². The van der Waals surface area contributed by atoms with Crippen LogP contribution in [0.25, 0.3) is 0 Å². The first kappa shape index (κ1) is 12.9. The first-order chi connectivity index (χ1) is 7.86. The van der Waals surface area contributed by atoms with E-state index in [4.69, 9.17) is 19.9 Å². The van der Waals surface area contributed by atoms with Crippen LogP contribution in [0, 0.1) is 0 Å². The molecule has 0 aliphatic heterocycles. The quantitative estimate of drug-likeness (QED) is 0.657. The summed E-state index contributed by atoms with van der Waals surface area (Å²) in [6, 6.07) is 5.53. The summed E-state index contributed by atoms with van der Waals surface area (Å²) in [6.07, 6.45) is 0. The smallest absolute Gasteiger partial charge is 0.213 e. The number of ether oxygens (including phenoxy) is 3. The van der Waals surface area contributed by atoms with Crippen LogP contribution in [0.5, 0.6) is 5.88 Å². The number of pyridine rings is 1. The summed E-state index contributed by atoms with van der Waals surface area (Å²) >= 11 is 0. The summed E-state index contributed by atoms with van der Waals surface area (Å²) in [5, 5.41) is 0. The second-order valence-electron chi connectivity index (χ2n) is 3.12. The molecule has 0 radical (unpaired) electrons. The molecular weight excluding hydrogens is 208 g/mol. The highest BCUT2D eigenvalue weighted by atomic mass is 16.5. The zero-order valence-corrected chi connectivity index (χ0v) is 9.52. The second kappa shape index (κ2) is 8.04. The SMILES string of the molecule is COCCOCCOc1cccc(CN)n1. The number of nitrogens with two attached hydrogens (primary N) is 1. The Balaban J connectivity index is 2.16. The summed E-state index contributed by atoms with van der Waals surface area (Å²) in [4.78, 5) is 4.20. The van der Waals surface area contributed by atoms with E-state index in [9.17, 15) is 0 Å². The predicted octanol–water partition coefficient (Wildman–Crippen LogP) is 0.582. The molecule has 0 fully saturated rings. The Kier molecular flexibility index (Phi) is 6.48. The molecule has 1 heterocycles. The van der Waals surface area contributed by atoms with Crippen LogP contribution in [-0.4, -0.2) is 38.5 Å². The van der Waals surface area contributed by atoms with Crippen molar-refractivity contribution in [1.82, 2.24) is 4.98 Å². The van der Waals surface area contributed by atoms with E-state index >= 15 is 0 Å². The van der Waals surface area contributed by atoms with Crippen LogP contribution in [0.3, 0.4) is 0 Å². The van der Waals surface area contributed by atoms with Crippen LogP contribution in [0.1, 0.15) is 5.69 Å². The zero-order chi connectivity index (χ0) is 11.6. The van der Waals surface area contributed by atoms with Gasteiger partial charge in [-0.3, -0.25) is 0 Å². The van der Waals surface area contributed by atoms with E-state index in [1.54, 1.807) is 13.2 Å². The first-order valence-corrected chi connectivity index (χ1v) is 5.22. The molecular formula is C11H18N2O3. The van der Waals surface area contributed by atoms with E-state index in [2.05, 4.69) is 4.98 Å². The van der Waals surface area contributed by atoms with Crippen molar-refractivity contribution in [2.45, 2.75) is 6.54 Å². The fraction of sp³-hybridized carbons (Fsp3) is 0.545. The number of aromatic nitrogens is 1. The number of nitrogens with zero attached hydrogens (tertiary/aromatic N) is 1. The fourth-order valence-electron chi connectivity index (χ4n) is 1.10. The summed E-state index contributed by atoms with van der Waals surface area (Å²) in [5.41, 5.74) is 6.29. The molecule has 1 aromatic rings. The van der Waals surface area contributed by atoms with Crippen molar-refractivity contribution >= 4 is 0 Å². The van der Waals surface area contributed by atoms with Crippen molar-refractivity contribution in [2.24, 2.45) is 5.73 Å². The van der Waals surface area contributed by atoms with E-state index in [0.717, 1.165) is 5.69 Å². The minimum atomic E-state index is 0.418. The third-order valence-corrected chi connectivity index (χ3v) is 1.90. The van der Waals surface area contributed by atoms with Gasteiger partial charge in [-0.05, 0) is 6.07 Å². The van der Waals surface area contributed by atoms with Crippen molar-refractivity contribution in [3.05, 3.63) is 23.9 Å². The molecule has 0 unspecified atom stereocenters. The monoisotopic (exact) mass is 226 g/mol. The highest BCUT2D eigenvalue weighted by molar-refractivity contribution is 5.15. The summed E-state index contributed by atoms with van der Waals surface area (Å²) in [5.74, 6) is 0.582. The van der Waals surface area contributed by atoms with Crippen LogP contribution in [0.4, 0.5) is 0 Å². The maximum Gasteiger partial charge on any atom is 0.213 e. The molecule has 0 saturated carbocycles. The standard InChI is InChI=1S/C11H18N2O3/c1-14-5-6-15-7-8-16-11-4-2-3-10(9-12)13-11/h2-4H,5-9,12H2,1H3. The van der Waals surface area contributed by atoms with Gasteiger partial charge in [0.2, 0.25) is 5.88 Å². The predicted molar refractivity (Wildman–Crippen MR) is 60.3 cm³/mol. The van der Waals surface area contributed by atoms with Gasteiger partial charge in [-0.1, -0.05) is 6.07 Å². The molecule has 16 heavy (non-hydrogen) atoms. The molecule has 0 aliphatic rings. The van der Waals surface area contributed by atoms with E-state index < -0.39 is 0 Å². The van der Waals surface area contributed by atoms with Crippen molar-refractivity contribution in [3.63, 3.8) is 0 Å². The summed E-state index contributed by atoms with van der Waals surface area (Å²) < 4.78 is 15.5. The lowest BCUT2D eigenvalue weighted by Crippen LogP contribution is -2.11. The Morgan fingerprint density at radius 2 is 2.00 bits per heavy atom. The summed E-state index contributed by atoms with van der Waals surface area (Å²) in [7, 11) is 1.64.